The van der Waals surface area contributed by atoms with E-state index in [0.717, 1.165) is 5.56 Å². The van der Waals surface area contributed by atoms with E-state index in [-0.39, 0.29) is 17.9 Å². The number of carboxylic acid groups (broad SMARTS) is 1. The lowest BCUT2D eigenvalue weighted by Crippen LogP contribution is -2.39. The van der Waals surface area contributed by atoms with Crippen molar-refractivity contribution in [3.63, 3.8) is 0 Å². The van der Waals surface area contributed by atoms with Gasteiger partial charge in [0, 0.05) is 17.8 Å². The fraction of sp³-hybridized carbons (Fsp3) is 0.368. The Kier molecular flexibility index (Phi) is 5.07. The van der Waals surface area contributed by atoms with E-state index in [1.165, 1.54) is 0 Å². The van der Waals surface area contributed by atoms with Gasteiger partial charge in [-0.2, -0.15) is 0 Å². The van der Waals surface area contributed by atoms with Gasteiger partial charge in [0.1, 0.15) is 0 Å². The topological polar surface area (TPSA) is 92.2 Å². The largest absolute Gasteiger partial charge is 0.481 e. The Balaban J connectivity index is 1.66. The standard InChI is InChI=1S/C19H21N3O3/c1-12-16(11-20-17(21-12)13-5-3-2-4-6-13)18(23)22-15-9-7-14(8-10-15)19(24)25/h2-6,11,14-15H,7-10H2,1H3,(H,22,23)(H,24,25). The van der Waals surface area contributed by atoms with E-state index < -0.39 is 5.97 Å². The number of carbonyl (C=O) groups excluding carboxylic acids is 1. The van der Waals surface area contributed by atoms with Crippen molar-refractivity contribution >= 4 is 11.9 Å². The molecule has 0 radical (unpaired) electrons. The molecule has 1 heterocycles. The number of nitrogens with zero attached hydrogens (tertiary/aromatic N) is 2. The summed E-state index contributed by atoms with van der Waals surface area (Å²) in [5.41, 5.74) is 2.00. The maximum atomic E-state index is 12.5. The van der Waals surface area contributed by atoms with E-state index in [9.17, 15) is 9.59 Å². The molecule has 1 aliphatic rings. The lowest BCUT2D eigenvalue weighted by atomic mass is 9.86. The van der Waals surface area contributed by atoms with Gasteiger partial charge in [0.2, 0.25) is 0 Å². The van der Waals surface area contributed by atoms with Gasteiger partial charge in [-0.3, -0.25) is 9.59 Å². The molecule has 1 fully saturated rings. The highest BCUT2D eigenvalue weighted by molar-refractivity contribution is 5.95. The normalized spacial score (nSPS) is 20.0. The van der Waals surface area contributed by atoms with Crippen molar-refractivity contribution < 1.29 is 14.7 Å². The maximum absolute atomic E-state index is 12.5. The summed E-state index contributed by atoms with van der Waals surface area (Å²) in [5, 5.41) is 12.0. The zero-order valence-corrected chi connectivity index (χ0v) is 14.1. The molecule has 25 heavy (non-hydrogen) atoms. The summed E-state index contributed by atoms with van der Waals surface area (Å²) in [7, 11) is 0. The quantitative estimate of drug-likeness (QED) is 0.893. The second-order valence-corrected chi connectivity index (χ2v) is 6.42. The third kappa shape index (κ3) is 4.02. The van der Waals surface area contributed by atoms with Gasteiger partial charge in [-0.05, 0) is 32.6 Å². The molecule has 6 nitrogen and oxygen atoms in total. The predicted molar refractivity (Wildman–Crippen MR) is 93.1 cm³/mol. The zero-order chi connectivity index (χ0) is 17.8. The van der Waals surface area contributed by atoms with E-state index in [4.69, 9.17) is 5.11 Å². The van der Waals surface area contributed by atoms with Crippen molar-refractivity contribution in [3.8, 4) is 11.4 Å². The number of aromatic nitrogens is 2. The molecule has 2 aromatic rings. The summed E-state index contributed by atoms with van der Waals surface area (Å²) in [6.45, 7) is 1.80. The minimum atomic E-state index is -0.745. The van der Waals surface area contributed by atoms with E-state index >= 15 is 0 Å². The van der Waals surface area contributed by atoms with Gasteiger partial charge in [0.05, 0.1) is 17.2 Å². The monoisotopic (exact) mass is 339 g/mol. The van der Waals surface area contributed by atoms with Gasteiger partial charge in [0.15, 0.2) is 5.82 Å². The second-order valence-electron chi connectivity index (χ2n) is 6.42. The fourth-order valence-corrected chi connectivity index (χ4v) is 3.16. The second kappa shape index (κ2) is 7.42. The van der Waals surface area contributed by atoms with Crippen LogP contribution in [0.3, 0.4) is 0 Å². The summed E-state index contributed by atoms with van der Waals surface area (Å²) in [6, 6.07) is 9.63. The molecule has 0 bridgehead atoms. The lowest BCUT2D eigenvalue weighted by Gasteiger charge is -2.26. The molecule has 1 saturated carbocycles. The lowest BCUT2D eigenvalue weighted by molar-refractivity contribution is -0.142. The highest BCUT2D eigenvalue weighted by Crippen LogP contribution is 2.25. The number of benzene rings is 1. The first kappa shape index (κ1) is 17.1. The molecule has 0 unspecified atom stereocenters. The summed E-state index contributed by atoms with van der Waals surface area (Å²) in [4.78, 5) is 32.2. The fourth-order valence-electron chi connectivity index (χ4n) is 3.16. The molecule has 1 amide bonds. The Morgan fingerprint density at radius 2 is 1.80 bits per heavy atom. The molecule has 1 aliphatic carbocycles. The van der Waals surface area contributed by atoms with Gasteiger partial charge < -0.3 is 10.4 Å². The van der Waals surface area contributed by atoms with Crippen LogP contribution >= 0.6 is 0 Å². The molecule has 2 N–H and O–H groups in total. The van der Waals surface area contributed by atoms with Crippen LogP contribution in [0.4, 0.5) is 0 Å². The van der Waals surface area contributed by atoms with Crippen molar-refractivity contribution in [1.29, 1.82) is 0 Å². The van der Waals surface area contributed by atoms with Crippen molar-refractivity contribution in [2.75, 3.05) is 0 Å². The van der Waals surface area contributed by atoms with Crippen LogP contribution in [-0.4, -0.2) is 33.0 Å². The van der Waals surface area contributed by atoms with Crippen molar-refractivity contribution in [2.45, 2.75) is 38.6 Å². The minimum Gasteiger partial charge on any atom is -0.481 e. The first-order chi connectivity index (χ1) is 12.0. The van der Waals surface area contributed by atoms with Gasteiger partial charge >= 0.3 is 5.97 Å². The predicted octanol–water partition coefficient (Wildman–Crippen LogP) is 2.83. The van der Waals surface area contributed by atoms with Crippen LogP contribution < -0.4 is 5.32 Å². The number of aliphatic carboxylic acids is 1. The SMILES string of the molecule is Cc1nc(-c2ccccc2)ncc1C(=O)NC1CCC(C(=O)O)CC1. The molecule has 0 saturated heterocycles. The highest BCUT2D eigenvalue weighted by Gasteiger charge is 2.27. The Morgan fingerprint density at radius 1 is 1.12 bits per heavy atom. The van der Waals surface area contributed by atoms with Gasteiger partial charge in [-0.25, -0.2) is 9.97 Å². The smallest absolute Gasteiger partial charge is 0.306 e. The summed E-state index contributed by atoms with van der Waals surface area (Å²) in [6.07, 6.45) is 4.13. The van der Waals surface area contributed by atoms with E-state index in [1.807, 2.05) is 30.3 Å². The molecule has 130 valence electrons. The van der Waals surface area contributed by atoms with Crippen LogP contribution in [0.1, 0.15) is 41.7 Å². The summed E-state index contributed by atoms with van der Waals surface area (Å²) < 4.78 is 0. The molecular formula is C19H21N3O3. The first-order valence-electron chi connectivity index (χ1n) is 8.47. The van der Waals surface area contributed by atoms with Crippen LogP contribution in [0.2, 0.25) is 0 Å². The first-order valence-corrected chi connectivity index (χ1v) is 8.47. The number of aryl methyl sites for hydroxylation is 1. The van der Waals surface area contributed by atoms with Crippen LogP contribution in [0, 0.1) is 12.8 Å². The number of nitrogens with one attached hydrogen (secondary N) is 1. The third-order valence-corrected chi connectivity index (χ3v) is 4.67. The minimum absolute atomic E-state index is 0.0105. The highest BCUT2D eigenvalue weighted by atomic mass is 16.4. The van der Waals surface area contributed by atoms with E-state index in [0.29, 0.717) is 42.8 Å². The molecule has 0 atom stereocenters. The number of hydrogen-bond donors (Lipinski definition) is 2. The molecule has 6 heteroatoms. The average Bonchev–Trinajstić information content (AvgIpc) is 2.62. The molecule has 0 aliphatic heterocycles. The zero-order valence-electron chi connectivity index (χ0n) is 14.1. The third-order valence-electron chi connectivity index (χ3n) is 4.67. The Labute approximate surface area is 146 Å². The number of carbonyl (C=O) groups is 2. The van der Waals surface area contributed by atoms with Gasteiger partial charge in [-0.15, -0.1) is 0 Å². The van der Waals surface area contributed by atoms with Crippen LogP contribution in [0.15, 0.2) is 36.5 Å². The Morgan fingerprint density at radius 3 is 2.40 bits per heavy atom. The molecule has 0 spiro atoms. The van der Waals surface area contributed by atoms with Crippen molar-refractivity contribution in [1.82, 2.24) is 15.3 Å². The van der Waals surface area contributed by atoms with Crippen LogP contribution in [-0.2, 0) is 4.79 Å². The number of rotatable bonds is 4. The van der Waals surface area contributed by atoms with Crippen LogP contribution in [0.5, 0.6) is 0 Å². The van der Waals surface area contributed by atoms with Gasteiger partial charge in [-0.1, -0.05) is 30.3 Å². The Bertz CT molecular complexity index is 769. The molecular weight excluding hydrogens is 318 g/mol. The number of carboxylic acids is 1. The van der Waals surface area contributed by atoms with E-state index in [1.54, 1.807) is 13.1 Å². The molecule has 3 rings (SSSR count). The maximum Gasteiger partial charge on any atom is 0.306 e. The van der Waals surface area contributed by atoms with Crippen molar-refractivity contribution in [3.05, 3.63) is 47.8 Å². The van der Waals surface area contributed by atoms with Gasteiger partial charge in [0.25, 0.3) is 5.91 Å². The van der Waals surface area contributed by atoms with E-state index in [2.05, 4.69) is 15.3 Å². The summed E-state index contributed by atoms with van der Waals surface area (Å²) in [5.74, 6) is -0.638. The summed E-state index contributed by atoms with van der Waals surface area (Å²) >= 11 is 0. The van der Waals surface area contributed by atoms with Crippen LogP contribution in [0.25, 0.3) is 11.4 Å². The Hall–Kier alpha value is -2.76. The van der Waals surface area contributed by atoms with Crippen molar-refractivity contribution in [2.24, 2.45) is 5.92 Å². The number of amides is 1. The number of hydrogen-bond acceptors (Lipinski definition) is 4. The average molecular weight is 339 g/mol. The molecule has 1 aromatic heterocycles. The molecule has 1 aromatic carbocycles.